The van der Waals surface area contributed by atoms with Gasteiger partial charge in [-0.05, 0) is 42.5 Å². The molecule has 0 radical (unpaired) electrons. The second-order valence-corrected chi connectivity index (χ2v) is 7.16. The zero-order valence-corrected chi connectivity index (χ0v) is 17.6. The van der Waals surface area contributed by atoms with Crippen molar-refractivity contribution < 1.29 is 9.13 Å². The highest BCUT2D eigenvalue weighted by atomic mass is 19.1. The first-order valence-corrected chi connectivity index (χ1v) is 10.1. The quantitative estimate of drug-likeness (QED) is 0.408. The molecular weight excluding hydrogens is 421 g/mol. The van der Waals surface area contributed by atoms with E-state index in [-0.39, 0.29) is 17.1 Å². The van der Waals surface area contributed by atoms with E-state index in [9.17, 15) is 4.79 Å². The van der Waals surface area contributed by atoms with Gasteiger partial charge < -0.3 is 4.74 Å². The van der Waals surface area contributed by atoms with E-state index in [2.05, 4.69) is 15.2 Å². The molecule has 3 heterocycles. The molecule has 0 N–H and O–H groups in total. The van der Waals surface area contributed by atoms with Crippen LogP contribution >= 0.6 is 0 Å². The number of pyridine rings is 1. The lowest BCUT2D eigenvalue weighted by Gasteiger charge is -2.13. The lowest BCUT2D eigenvalue weighted by molar-refractivity contribution is 0.405. The number of para-hydroxylation sites is 1. The maximum Gasteiger partial charge on any atom is 0.251 e. The molecule has 0 aliphatic heterocycles. The third kappa shape index (κ3) is 3.78. The molecule has 0 aliphatic rings. The first-order valence-electron chi connectivity index (χ1n) is 10.1. The number of methoxy groups -OCH3 is 1. The average molecular weight is 439 g/mol. The molecule has 33 heavy (non-hydrogen) atoms. The van der Waals surface area contributed by atoms with Gasteiger partial charge in [0, 0.05) is 11.8 Å². The van der Waals surface area contributed by atoms with Crippen LogP contribution in [0.4, 0.5) is 4.39 Å². The summed E-state index contributed by atoms with van der Waals surface area (Å²) in [4.78, 5) is 17.3. The summed E-state index contributed by atoms with van der Waals surface area (Å²) in [5.41, 5.74) is 2.34. The Morgan fingerprint density at radius 3 is 2.48 bits per heavy atom. The summed E-state index contributed by atoms with van der Waals surface area (Å²) in [5, 5.41) is 8.78. The predicted molar refractivity (Wildman–Crippen MR) is 122 cm³/mol. The number of halogens is 1. The summed E-state index contributed by atoms with van der Waals surface area (Å²) >= 11 is 0. The zero-order chi connectivity index (χ0) is 22.8. The van der Waals surface area contributed by atoms with E-state index in [4.69, 9.17) is 4.74 Å². The van der Waals surface area contributed by atoms with Gasteiger partial charge in [0.15, 0.2) is 11.4 Å². The largest absolute Gasteiger partial charge is 0.491 e. The molecule has 8 heteroatoms. The molecule has 0 saturated heterocycles. The van der Waals surface area contributed by atoms with Crippen LogP contribution in [0.3, 0.4) is 0 Å². The van der Waals surface area contributed by atoms with Gasteiger partial charge in [0.2, 0.25) is 0 Å². The molecule has 7 nitrogen and oxygen atoms in total. The number of aromatic nitrogens is 5. The van der Waals surface area contributed by atoms with Crippen molar-refractivity contribution in [2.24, 2.45) is 0 Å². The summed E-state index contributed by atoms with van der Waals surface area (Å²) in [5.74, 6) is -0.479. The van der Waals surface area contributed by atoms with Crippen LogP contribution in [0.2, 0.25) is 0 Å². The smallest absolute Gasteiger partial charge is 0.251 e. The number of benzene rings is 2. The van der Waals surface area contributed by atoms with Crippen LogP contribution in [0.1, 0.15) is 0 Å². The number of rotatable bonds is 5. The van der Waals surface area contributed by atoms with Crippen molar-refractivity contribution in [1.82, 2.24) is 24.5 Å². The van der Waals surface area contributed by atoms with E-state index in [1.165, 1.54) is 24.1 Å². The molecule has 0 amide bonds. The van der Waals surface area contributed by atoms with Crippen molar-refractivity contribution in [2.75, 3.05) is 7.11 Å². The Bertz CT molecular complexity index is 1480. The van der Waals surface area contributed by atoms with Crippen molar-refractivity contribution >= 4 is 0 Å². The van der Waals surface area contributed by atoms with Gasteiger partial charge >= 0.3 is 0 Å². The summed E-state index contributed by atoms with van der Waals surface area (Å²) < 4.78 is 23.3. The Hall–Kier alpha value is -4.59. The topological polar surface area (TPSA) is 74.8 Å². The fourth-order valence-corrected chi connectivity index (χ4v) is 3.55. The number of hydrogen-bond acceptors (Lipinski definition) is 5. The molecule has 0 bridgehead atoms. The zero-order valence-electron chi connectivity index (χ0n) is 17.6. The molecule has 2 aromatic carbocycles. The number of hydrogen-bond donors (Lipinski definition) is 0. The Balaban J connectivity index is 1.64. The van der Waals surface area contributed by atoms with Gasteiger partial charge in [-0.2, -0.15) is 10.2 Å². The first-order chi connectivity index (χ1) is 16.2. The van der Waals surface area contributed by atoms with E-state index in [1.807, 2.05) is 36.4 Å². The lowest BCUT2D eigenvalue weighted by Crippen LogP contribution is -2.18. The van der Waals surface area contributed by atoms with E-state index >= 15 is 4.39 Å². The third-order valence-corrected chi connectivity index (χ3v) is 5.15. The van der Waals surface area contributed by atoms with Gasteiger partial charge in [-0.1, -0.05) is 30.3 Å². The van der Waals surface area contributed by atoms with Crippen LogP contribution in [0.15, 0.2) is 96.2 Å². The molecule has 0 aliphatic carbocycles. The van der Waals surface area contributed by atoms with Crippen LogP contribution in [0.5, 0.6) is 5.75 Å². The molecule has 3 aromatic heterocycles. The number of ether oxygens (including phenoxy) is 1. The second-order valence-electron chi connectivity index (χ2n) is 7.16. The van der Waals surface area contributed by atoms with E-state index in [0.29, 0.717) is 17.0 Å². The summed E-state index contributed by atoms with van der Waals surface area (Å²) in [6.07, 6.45) is 4.60. The highest BCUT2D eigenvalue weighted by molar-refractivity contribution is 5.62. The van der Waals surface area contributed by atoms with Crippen LogP contribution in [-0.4, -0.2) is 31.7 Å². The summed E-state index contributed by atoms with van der Waals surface area (Å²) in [6, 6.07) is 21.2. The molecule has 0 fully saturated rings. The first kappa shape index (κ1) is 20.3. The van der Waals surface area contributed by atoms with Crippen LogP contribution in [0, 0.1) is 5.82 Å². The van der Waals surface area contributed by atoms with Crippen LogP contribution in [0.25, 0.3) is 34.0 Å². The van der Waals surface area contributed by atoms with Gasteiger partial charge in [0.25, 0.3) is 5.43 Å². The van der Waals surface area contributed by atoms with Crippen LogP contribution in [-0.2, 0) is 0 Å². The molecule has 0 atom stereocenters. The Kier molecular flexibility index (Phi) is 5.24. The molecular formula is C25H18FN5O2. The molecule has 0 unspecified atom stereocenters. The van der Waals surface area contributed by atoms with Gasteiger partial charge in [0.05, 0.1) is 36.6 Å². The monoisotopic (exact) mass is 439 g/mol. The summed E-state index contributed by atoms with van der Waals surface area (Å²) in [7, 11) is 1.39. The lowest BCUT2D eigenvalue weighted by atomic mass is 10.1. The third-order valence-electron chi connectivity index (χ3n) is 5.15. The van der Waals surface area contributed by atoms with Gasteiger partial charge in [-0.3, -0.25) is 9.78 Å². The Morgan fingerprint density at radius 2 is 1.76 bits per heavy atom. The Labute approximate surface area is 188 Å². The molecule has 162 valence electrons. The minimum Gasteiger partial charge on any atom is -0.491 e. The van der Waals surface area contributed by atoms with Gasteiger partial charge in [-0.15, -0.1) is 0 Å². The average Bonchev–Trinajstić information content (AvgIpc) is 3.35. The minimum atomic E-state index is -0.515. The van der Waals surface area contributed by atoms with E-state index in [1.54, 1.807) is 47.4 Å². The second kappa shape index (κ2) is 8.51. The van der Waals surface area contributed by atoms with E-state index < -0.39 is 11.2 Å². The van der Waals surface area contributed by atoms with Crippen molar-refractivity contribution in [1.29, 1.82) is 0 Å². The highest BCUT2D eigenvalue weighted by Crippen LogP contribution is 2.24. The van der Waals surface area contributed by atoms with Gasteiger partial charge in [0.1, 0.15) is 11.5 Å². The Morgan fingerprint density at radius 1 is 0.939 bits per heavy atom. The minimum absolute atomic E-state index is 0.0361. The van der Waals surface area contributed by atoms with Crippen LogP contribution < -0.4 is 10.2 Å². The standard InChI is InChI=1S/C25H18FN5O2/c1-33-23-16-30(21-11-10-17(15-19(21)26)20-9-5-6-13-27-20)29-24(25(23)32)22-12-14-28-31(22)18-7-3-2-4-8-18/h2-16H,1H3. The molecule has 5 rings (SSSR count). The normalized spacial score (nSPS) is 10.8. The fourth-order valence-electron chi connectivity index (χ4n) is 3.55. The fraction of sp³-hybridized carbons (Fsp3) is 0.0400. The SMILES string of the molecule is COc1cn(-c2ccc(-c3ccccn3)cc2F)nc(-c2ccnn2-c2ccccc2)c1=O. The van der Waals surface area contributed by atoms with Crippen molar-refractivity contribution in [3.8, 4) is 39.8 Å². The molecule has 0 spiro atoms. The van der Waals surface area contributed by atoms with Crippen molar-refractivity contribution in [2.45, 2.75) is 0 Å². The highest BCUT2D eigenvalue weighted by Gasteiger charge is 2.19. The van der Waals surface area contributed by atoms with E-state index in [0.717, 1.165) is 5.69 Å². The molecule has 5 aromatic rings. The maximum absolute atomic E-state index is 15.2. The predicted octanol–water partition coefficient (Wildman–Crippen LogP) is 4.29. The van der Waals surface area contributed by atoms with Crippen molar-refractivity contribution in [3.63, 3.8) is 0 Å². The number of nitrogens with zero attached hydrogens (tertiary/aromatic N) is 5. The summed E-state index contributed by atoms with van der Waals surface area (Å²) in [6.45, 7) is 0. The molecule has 0 saturated carbocycles. The maximum atomic E-state index is 15.2. The van der Waals surface area contributed by atoms with Gasteiger partial charge in [-0.25, -0.2) is 13.8 Å². The van der Waals surface area contributed by atoms with Crippen molar-refractivity contribution in [3.05, 3.63) is 107 Å².